The smallest absolute Gasteiger partial charge is 0.297 e. The summed E-state index contributed by atoms with van der Waals surface area (Å²) in [6.07, 6.45) is 0.367. The molecule has 0 aromatic carbocycles. The van der Waals surface area contributed by atoms with Gasteiger partial charge in [0.25, 0.3) is 5.91 Å². The van der Waals surface area contributed by atoms with Gasteiger partial charge in [-0.25, -0.2) is 0 Å². The Morgan fingerprint density at radius 1 is 1.46 bits per heavy atom. The number of amidine groups is 1. The van der Waals surface area contributed by atoms with Crippen LogP contribution in [0.3, 0.4) is 0 Å². The molecule has 0 spiro atoms. The van der Waals surface area contributed by atoms with Gasteiger partial charge >= 0.3 is 0 Å². The number of aliphatic hydroxyl groups is 1. The van der Waals surface area contributed by atoms with Crippen LogP contribution in [0.1, 0.15) is 5.69 Å². The van der Waals surface area contributed by atoms with Crippen molar-refractivity contribution in [2.75, 3.05) is 0 Å². The van der Waals surface area contributed by atoms with Gasteiger partial charge in [-0.1, -0.05) is 6.07 Å². The number of carbonyl (C=O) groups is 1. The maximum atomic E-state index is 10.8. The average Bonchev–Trinajstić information content (AvgIpc) is 2.49. The molecule has 1 amide bonds. The maximum absolute atomic E-state index is 10.8. The Balaban J connectivity index is 2.30. The normalized spacial score (nSPS) is 21.2. The molecule has 1 atom stereocenters. The highest BCUT2D eigenvalue weighted by atomic mass is 16.3. The predicted octanol–water partition coefficient (Wildman–Crippen LogP) is -0.724. The van der Waals surface area contributed by atoms with Gasteiger partial charge in [0.15, 0.2) is 5.84 Å². The molecule has 2 N–H and O–H groups in total. The van der Waals surface area contributed by atoms with E-state index in [1.165, 1.54) is 0 Å². The highest BCUT2D eigenvalue weighted by Gasteiger charge is 2.24. The molecule has 0 aliphatic carbocycles. The van der Waals surface area contributed by atoms with Crippen molar-refractivity contribution < 1.29 is 9.90 Å². The molecule has 2 rings (SSSR count). The minimum Gasteiger partial charge on any atom is -0.365 e. The summed E-state index contributed by atoms with van der Waals surface area (Å²) in [6.45, 7) is 0. The number of aromatic nitrogens is 1. The van der Waals surface area contributed by atoms with Crippen LogP contribution in [-0.4, -0.2) is 28.1 Å². The molecule has 1 aromatic heterocycles. The van der Waals surface area contributed by atoms with Crippen LogP contribution in [-0.2, 0) is 4.79 Å². The summed E-state index contributed by atoms with van der Waals surface area (Å²) >= 11 is 0. The van der Waals surface area contributed by atoms with E-state index in [1.54, 1.807) is 24.4 Å². The van der Waals surface area contributed by atoms with Crippen molar-refractivity contribution in [1.29, 1.82) is 0 Å². The minimum absolute atomic E-state index is 0.318. The van der Waals surface area contributed by atoms with Crippen molar-refractivity contribution in [3.63, 3.8) is 0 Å². The molecule has 0 saturated carbocycles. The Kier molecular flexibility index (Phi) is 1.79. The summed E-state index contributed by atoms with van der Waals surface area (Å²) in [6, 6.07) is 5.25. The Morgan fingerprint density at radius 2 is 2.31 bits per heavy atom. The molecule has 1 aliphatic heterocycles. The first-order valence-corrected chi connectivity index (χ1v) is 3.76. The predicted molar refractivity (Wildman–Crippen MR) is 44.9 cm³/mol. The standard InChI is InChI=1S/C8H7N3O2/c12-7-8(13)11-6(10-7)5-3-1-2-4-9-5/h1-4,7,12H,(H,10,11,13). The number of aliphatic hydroxyl groups excluding tert-OH is 1. The van der Waals surface area contributed by atoms with Crippen LogP contribution in [0.4, 0.5) is 0 Å². The van der Waals surface area contributed by atoms with Gasteiger partial charge in [-0.2, -0.15) is 4.99 Å². The fraction of sp³-hybridized carbons (Fsp3) is 0.125. The number of hydrogen-bond donors (Lipinski definition) is 2. The van der Waals surface area contributed by atoms with Crippen LogP contribution in [0.2, 0.25) is 0 Å². The monoisotopic (exact) mass is 177 g/mol. The Morgan fingerprint density at radius 3 is 2.85 bits per heavy atom. The number of nitrogens with one attached hydrogen (secondary N) is 1. The van der Waals surface area contributed by atoms with Crippen molar-refractivity contribution in [3.05, 3.63) is 30.1 Å². The zero-order valence-electron chi connectivity index (χ0n) is 6.64. The molecule has 1 unspecified atom stereocenters. The van der Waals surface area contributed by atoms with Gasteiger partial charge in [0, 0.05) is 6.20 Å². The third-order valence-electron chi connectivity index (χ3n) is 1.64. The van der Waals surface area contributed by atoms with Gasteiger partial charge < -0.3 is 10.4 Å². The van der Waals surface area contributed by atoms with E-state index in [1.807, 2.05) is 0 Å². The Hall–Kier alpha value is -1.75. The molecule has 1 aromatic rings. The van der Waals surface area contributed by atoms with Crippen LogP contribution in [0.25, 0.3) is 0 Å². The second kappa shape index (κ2) is 2.95. The molecule has 0 saturated heterocycles. The highest BCUT2D eigenvalue weighted by Crippen LogP contribution is 2.02. The lowest BCUT2D eigenvalue weighted by atomic mass is 10.3. The molecular weight excluding hydrogens is 170 g/mol. The van der Waals surface area contributed by atoms with Gasteiger partial charge in [0.05, 0.1) is 0 Å². The van der Waals surface area contributed by atoms with Crippen LogP contribution in [0.15, 0.2) is 29.4 Å². The number of pyridine rings is 1. The lowest BCUT2D eigenvalue weighted by molar-refractivity contribution is -0.125. The van der Waals surface area contributed by atoms with Crippen molar-refractivity contribution in [2.24, 2.45) is 4.99 Å². The van der Waals surface area contributed by atoms with Crippen molar-refractivity contribution >= 4 is 11.7 Å². The summed E-state index contributed by atoms with van der Waals surface area (Å²) in [5.41, 5.74) is 0.549. The second-order valence-electron chi connectivity index (χ2n) is 2.56. The molecule has 0 fully saturated rings. The minimum atomic E-state index is -1.22. The third-order valence-corrected chi connectivity index (χ3v) is 1.64. The zero-order valence-corrected chi connectivity index (χ0v) is 6.64. The van der Waals surface area contributed by atoms with E-state index in [0.29, 0.717) is 11.5 Å². The lowest BCUT2D eigenvalue weighted by Gasteiger charge is -2.01. The Bertz CT molecular complexity index is 361. The lowest BCUT2D eigenvalue weighted by Crippen LogP contribution is -2.32. The van der Waals surface area contributed by atoms with E-state index in [9.17, 15) is 4.79 Å². The molecule has 5 nitrogen and oxygen atoms in total. The molecule has 2 heterocycles. The molecule has 13 heavy (non-hydrogen) atoms. The number of hydrogen-bond acceptors (Lipinski definition) is 4. The first-order valence-electron chi connectivity index (χ1n) is 3.76. The van der Waals surface area contributed by atoms with Gasteiger partial charge in [-0.05, 0) is 12.1 Å². The number of carbonyl (C=O) groups excluding carboxylic acids is 1. The summed E-state index contributed by atoms with van der Waals surface area (Å²) in [4.78, 5) is 18.4. The summed E-state index contributed by atoms with van der Waals surface area (Å²) in [7, 11) is 0. The third kappa shape index (κ3) is 1.41. The molecule has 66 valence electrons. The largest absolute Gasteiger partial charge is 0.365 e. The number of aliphatic imine (C=N–C) groups is 1. The molecule has 0 radical (unpaired) electrons. The van der Waals surface area contributed by atoms with Crippen molar-refractivity contribution in [3.8, 4) is 0 Å². The zero-order chi connectivity index (χ0) is 9.26. The van der Waals surface area contributed by atoms with E-state index in [-0.39, 0.29) is 0 Å². The van der Waals surface area contributed by atoms with E-state index >= 15 is 0 Å². The summed E-state index contributed by atoms with van der Waals surface area (Å²) in [5, 5.41) is 11.5. The molecular formula is C8H7N3O2. The quantitative estimate of drug-likeness (QED) is 0.593. The maximum Gasteiger partial charge on any atom is 0.297 e. The van der Waals surface area contributed by atoms with Gasteiger partial charge in [0.2, 0.25) is 6.23 Å². The van der Waals surface area contributed by atoms with Gasteiger partial charge in [-0.15, -0.1) is 0 Å². The molecule has 0 bridgehead atoms. The fourth-order valence-electron chi connectivity index (χ4n) is 1.03. The average molecular weight is 177 g/mol. The van der Waals surface area contributed by atoms with Crippen molar-refractivity contribution in [2.45, 2.75) is 6.23 Å². The SMILES string of the molecule is O=C1N=C(c2ccccn2)NC1O. The molecule has 1 aliphatic rings. The van der Waals surface area contributed by atoms with Crippen molar-refractivity contribution in [1.82, 2.24) is 10.3 Å². The molecule has 5 heteroatoms. The summed E-state index contributed by atoms with van der Waals surface area (Å²) < 4.78 is 0. The first kappa shape index (κ1) is 7.88. The van der Waals surface area contributed by atoms with E-state index in [4.69, 9.17) is 5.11 Å². The van der Waals surface area contributed by atoms with Crippen LogP contribution < -0.4 is 5.32 Å². The van der Waals surface area contributed by atoms with Crippen LogP contribution in [0.5, 0.6) is 0 Å². The topological polar surface area (TPSA) is 74.6 Å². The van der Waals surface area contributed by atoms with Crippen LogP contribution >= 0.6 is 0 Å². The highest BCUT2D eigenvalue weighted by molar-refractivity contribution is 6.10. The van der Waals surface area contributed by atoms with E-state index in [0.717, 1.165) is 0 Å². The second-order valence-corrected chi connectivity index (χ2v) is 2.56. The Labute approximate surface area is 74.1 Å². The number of amides is 1. The van der Waals surface area contributed by atoms with Gasteiger partial charge in [-0.3, -0.25) is 9.78 Å². The van der Waals surface area contributed by atoms with Crippen LogP contribution in [0, 0.1) is 0 Å². The summed E-state index contributed by atoms with van der Waals surface area (Å²) in [5.74, 6) is -0.265. The first-order chi connectivity index (χ1) is 6.27. The van der Waals surface area contributed by atoms with E-state index < -0.39 is 12.1 Å². The number of rotatable bonds is 1. The fourth-order valence-corrected chi connectivity index (χ4v) is 1.03. The number of nitrogens with zero attached hydrogens (tertiary/aromatic N) is 2. The van der Waals surface area contributed by atoms with Gasteiger partial charge in [0.1, 0.15) is 5.69 Å². The van der Waals surface area contributed by atoms with E-state index in [2.05, 4.69) is 15.3 Å².